The van der Waals surface area contributed by atoms with Gasteiger partial charge in [0.25, 0.3) is 0 Å². The summed E-state index contributed by atoms with van der Waals surface area (Å²) in [4.78, 5) is 18.5. The highest BCUT2D eigenvalue weighted by Gasteiger charge is 2.33. The maximum atomic E-state index is 12.6. The van der Waals surface area contributed by atoms with Gasteiger partial charge in [0, 0.05) is 25.7 Å². The normalized spacial score (nSPS) is 20.6. The van der Waals surface area contributed by atoms with Crippen LogP contribution in [0.1, 0.15) is 52.1 Å². The molecule has 2 rings (SSSR count). The van der Waals surface area contributed by atoms with Gasteiger partial charge in [-0.1, -0.05) is 24.9 Å². The first-order valence-electron chi connectivity index (χ1n) is 9.32. The maximum Gasteiger partial charge on any atom is 0.410 e. The molecule has 2 heterocycles. The maximum absolute atomic E-state index is 12.6. The smallest absolute Gasteiger partial charge is 0.410 e. The quantitative estimate of drug-likeness (QED) is 0.496. The Morgan fingerprint density at radius 3 is 2.78 bits per heavy atom. The molecule has 1 N–H and O–H groups in total. The number of ether oxygens (including phenoxy) is 2. The SMILES string of the molecule is CCCCOC[C@@H]1CN(C(=O)OC(C)(C)C)C[C@H](c2cc(Cl)nc(Br)c2)N1. The van der Waals surface area contributed by atoms with E-state index in [1.807, 2.05) is 32.9 Å². The van der Waals surface area contributed by atoms with Crippen LogP contribution in [-0.2, 0) is 9.47 Å². The van der Waals surface area contributed by atoms with Crippen molar-refractivity contribution in [3.8, 4) is 0 Å². The number of carbonyl (C=O) groups excluding carboxylic acids is 1. The molecule has 1 fully saturated rings. The van der Waals surface area contributed by atoms with Gasteiger partial charge in [-0.15, -0.1) is 0 Å². The van der Waals surface area contributed by atoms with Gasteiger partial charge in [0.15, 0.2) is 0 Å². The fourth-order valence-electron chi connectivity index (χ4n) is 2.89. The van der Waals surface area contributed by atoms with Crippen LogP contribution in [0.4, 0.5) is 4.79 Å². The summed E-state index contributed by atoms with van der Waals surface area (Å²) in [6, 6.07) is 3.66. The molecule has 1 saturated heterocycles. The second kappa shape index (κ2) is 10.0. The van der Waals surface area contributed by atoms with Crippen molar-refractivity contribution in [3.05, 3.63) is 27.5 Å². The molecule has 1 aliphatic rings. The van der Waals surface area contributed by atoms with Crippen LogP contribution in [0, 0.1) is 0 Å². The molecule has 0 aromatic carbocycles. The molecule has 1 aromatic heterocycles. The van der Waals surface area contributed by atoms with Gasteiger partial charge in [-0.2, -0.15) is 0 Å². The second-order valence-electron chi connectivity index (χ2n) is 7.78. The predicted molar refractivity (Wildman–Crippen MR) is 110 cm³/mol. The summed E-state index contributed by atoms with van der Waals surface area (Å²) in [5.41, 5.74) is 0.432. The summed E-state index contributed by atoms with van der Waals surface area (Å²) in [6.07, 6.45) is 1.81. The van der Waals surface area contributed by atoms with E-state index in [2.05, 4.69) is 33.2 Å². The minimum absolute atomic E-state index is 0.0128. The van der Waals surface area contributed by atoms with Gasteiger partial charge >= 0.3 is 6.09 Å². The average molecular weight is 463 g/mol. The van der Waals surface area contributed by atoms with Crippen LogP contribution >= 0.6 is 27.5 Å². The number of nitrogens with one attached hydrogen (secondary N) is 1. The average Bonchev–Trinajstić information content (AvgIpc) is 2.56. The van der Waals surface area contributed by atoms with E-state index in [-0.39, 0.29) is 18.2 Å². The molecule has 1 aromatic rings. The Bertz CT molecular complexity index is 619. The zero-order valence-corrected chi connectivity index (χ0v) is 18.8. The van der Waals surface area contributed by atoms with Crippen molar-refractivity contribution >= 4 is 33.6 Å². The van der Waals surface area contributed by atoms with Gasteiger partial charge in [0.1, 0.15) is 15.4 Å². The van der Waals surface area contributed by atoms with E-state index in [0.717, 1.165) is 25.0 Å². The van der Waals surface area contributed by atoms with E-state index < -0.39 is 5.60 Å². The molecule has 8 heteroatoms. The van der Waals surface area contributed by atoms with Crippen LogP contribution in [0.15, 0.2) is 16.7 Å². The third-order valence-electron chi connectivity index (χ3n) is 4.08. The minimum atomic E-state index is -0.534. The van der Waals surface area contributed by atoms with Crippen molar-refractivity contribution < 1.29 is 14.3 Å². The molecular formula is C19H29BrClN3O3. The molecule has 0 unspecified atom stereocenters. The number of hydrogen-bond donors (Lipinski definition) is 1. The largest absolute Gasteiger partial charge is 0.444 e. The number of hydrogen-bond acceptors (Lipinski definition) is 5. The third-order valence-corrected chi connectivity index (χ3v) is 4.68. The Kier molecular flexibility index (Phi) is 8.34. The Morgan fingerprint density at radius 1 is 1.41 bits per heavy atom. The highest BCUT2D eigenvalue weighted by Crippen LogP contribution is 2.25. The fraction of sp³-hybridized carbons (Fsp3) is 0.684. The molecule has 27 heavy (non-hydrogen) atoms. The highest BCUT2D eigenvalue weighted by atomic mass is 79.9. The lowest BCUT2D eigenvalue weighted by Crippen LogP contribution is -2.56. The zero-order chi connectivity index (χ0) is 20.0. The number of piperazine rings is 1. The number of nitrogens with zero attached hydrogens (tertiary/aromatic N) is 2. The van der Waals surface area contributed by atoms with Crippen LogP contribution in [0.2, 0.25) is 5.15 Å². The van der Waals surface area contributed by atoms with Crippen LogP contribution in [-0.4, -0.2) is 53.9 Å². The van der Waals surface area contributed by atoms with Gasteiger partial charge in [-0.3, -0.25) is 0 Å². The van der Waals surface area contributed by atoms with E-state index >= 15 is 0 Å². The zero-order valence-electron chi connectivity index (χ0n) is 16.4. The number of rotatable bonds is 6. The molecule has 152 valence electrons. The molecular weight excluding hydrogens is 434 g/mol. The van der Waals surface area contributed by atoms with Crippen LogP contribution in [0.25, 0.3) is 0 Å². The lowest BCUT2D eigenvalue weighted by Gasteiger charge is -2.39. The van der Waals surface area contributed by atoms with Crippen molar-refractivity contribution in [1.82, 2.24) is 15.2 Å². The van der Waals surface area contributed by atoms with Crippen molar-refractivity contribution in [1.29, 1.82) is 0 Å². The molecule has 1 amide bonds. The highest BCUT2D eigenvalue weighted by molar-refractivity contribution is 9.10. The first-order valence-corrected chi connectivity index (χ1v) is 10.5. The van der Waals surface area contributed by atoms with Crippen LogP contribution < -0.4 is 5.32 Å². The van der Waals surface area contributed by atoms with Gasteiger partial charge in [-0.25, -0.2) is 9.78 Å². The monoisotopic (exact) mass is 461 g/mol. The van der Waals surface area contributed by atoms with Gasteiger partial charge in [0.05, 0.1) is 12.6 Å². The third kappa shape index (κ3) is 7.56. The first-order chi connectivity index (χ1) is 12.7. The lowest BCUT2D eigenvalue weighted by molar-refractivity contribution is 0.00775. The van der Waals surface area contributed by atoms with Crippen molar-refractivity contribution in [2.24, 2.45) is 0 Å². The van der Waals surface area contributed by atoms with Crippen molar-refractivity contribution in [2.75, 3.05) is 26.3 Å². The van der Waals surface area contributed by atoms with E-state index in [1.165, 1.54) is 0 Å². The standard InChI is InChI=1S/C19H29BrClN3O3/c1-5-6-7-26-12-14-10-24(18(25)27-19(2,3)4)11-15(22-14)13-8-16(20)23-17(21)9-13/h8-9,14-15,22H,5-7,10-12H2,1-4H3/t14-,15+/m0/s1. The fourth-order valence-corrected chi connectivity index (χ4v) is 3.66. The number of aromatic nitrogens is 1. The van der Waals surface area contributed by atoms with Gasteiger partial charge < -0.3 is 19.7 Å². The first kappa shape index (κ1) is 22.4. The Balaban J connectivity index is 2.13. The van der Waals surface area contributed by atoms with Crippen LogP contribution in [0.3, 0.4) is 0 Å². The molecule has 6 nitrogen and oxygen atoms in total. The summed E-state index contributed by atoms with van der Waals surface area (Å²) in [5, 5.41) is 3.98. The Labute approximate surface area is 175 Å². The molecule has 0 saturated carbocycles. The van der Waals surface area contributed by atoms with Gasteiger partial charge in [0.2, 0.25) is 0 Å². The minimum Gasteiger partial charge on any atom is -0.444 e. The van der Waals surface area contributed by atoms with Crippen molar-refractivity contribution in [3.63, 3.8) is 0 Å². The van der Waals surface area contributed by atoms with E-state index in [4.69, 9.17) is 21.1 Å². The molecule has 0 aliphatic carbocycles. The number of carbonyl (C=O) groups is 1. The molecule has 0 bridgehead atoms. The number of halogens is 2. The summed E-state index contributed by atoms with van der Waals surface area (Å²) >= 11 is 9.50. The molecule has 1 aliphatic heterocycles. The second-order valence-corrected chi connectivity index (χ2v) is 8.98. The Hall–Kier alpha value is -0.890. The van der Waals surface area contributed by atoms with Crippen LogP contribution in [0.5, 0.6) is 0 Å². The lowest BCUT2D eigenvalue weighted by atomic mass is 10.0. The van der Waals surface area contributed by atoms with E-state index in [9.17, 15) is 4.79 Å². The number of pyridine rings is 1. The molecule has 0 spiro atoms. The summed E-state index contributed by atoms with van der Waals surface area (Å²) in [7, 11) is 0. The summed E-state index contributed by atoms with van der Waals surface area (Å²) in [5.74, 6) is 0. The molecule has 0 radical (unpaired) electrons. The topological polar surface area (TPSA) is 63.7 Å². The number of amides is 1. The van der Waals surface area contributed by atoms with Crippen molar-refractivity contribution in [2.45, 2.75) is 58.2 Å². The van der Waals surface area contributed by atoms with E-state index in [1.54, 1.807) is 4.90 Å². The summed E-state index contributed by atoms with van der Waals surface area (Å²) in [6.45, 7) is 10.0. The van der Waals surface area contributed by atoms with E-state index in [0.29, 0.717) is 29.5 Å². The molecule has 2 atom stereocenters. The van der Waals surface area contributed by atoms with Gasteiger partial charge in [-0.05, 0) is 60.8 Å². The predicted octanol–water partition coefficient (Wildman–Crippen LogP) is 4.56. The number of unbranched alkanes of at least 4 members (excludes halogenated alkanes) is 1. The Morgan fingerprint density at radius 2 is 2.15 bits per heavy atom. The summed E-state index contributed by atoms with van der Waals surface area (Å²) < 4.78 is 12.0.